The molecule has 2 aromatic carbocycles. The highest BCUT2D eigenvalue weighted by Crippen LogP contribution is 2.30. The van der Waals surface area contributed by atoms with Crippen molar-refractivity contribution in [3.8, 4) is 16.9 Å². The Labute approximate surface area is 122 Å². The molecule has 0 atom stereocenters. The number of aromatic carboxylic acids is 1. The predicted molar refractivity (Wildman–Crippen MR) is 70.2 cm³/mol. The van der Waals surface area contributed by atoms with Crippen molar-refractivity contribution in [2.75, 3.05) is 0 Å². The molecule has 0 saturated heterocycles. The highest BCUT2D eigenvalue weighted by Gasteiger charge is 2.31. The Hall–Kier alpha value is -2.57. The Bertz CT molecular complexity index is 723. The fourth-order valence-corrected chi connectivity index (χ4v) is 1.85. The van der Waals surface area contributed by atoms with Gasteiger partial charge in [-0.05, 0) is 47.9 Å². The maximum Gasteiger partial charge on any atom is 0.573 e. The fourth-order valence-electron chi connectivity index (χ4n) is 1.85. The van der Waals surface area contributed by atoms with Crippen LogP contribution in [0.25, 0.3) is 11.1 Å². The van der Waals surface area contributed by atoms with Crippen molar-refractivity contribution in [3.63, 3.8) is 0 Å². The number of carbonyl (C=O) groups is 1. The molecule has 7 heteroatoms. The molecule has 0 heterocycles. The van der Waals surface area contributed by atoms with Gasteiger partial charge in [-0.2, -0.15) is 0 Å². The van der Waals surface area contributed by atoms with E-state index in [1.807, 2.05) is 0 Å². The van der Waals surface area contributed by atoms with Crippen LogP contribution in [-0.4, -0.2) is 17.4 Å². The molecule has 0 saturated carbocycles. The number of aryl methyl sites for hydroxylation is 1. The van der Waals surface area contributed by atoms with E-state index >= 15 is 0 Å². The molecule has 22 heavy (non-hydrogen) atoms. The quantitative estimate of drug-likeness (QED) is 0.854. The molecule has 0 fully saturated rings. The predicted octanol–water partition coefficient (Wildman–Crippen LogP) is 4.40. The maximum absolute atomic E-state index is 13.6. The zero-order valence-electron chi connectivity index (χ0n) is 11.2. The van der Waals surface area contributed by atoms with Crippen LogP contribution >= 0.6 is 0 Å². The molecule has 0 amide bonds. The zero-order valence-corrected chi connectivity index (χ0v) is 11.2. The second-order valence-electron chi connectivity index (χ2n) is 4.56. The Morgan fingerprint density at radius 1 is 1.09 bits per heavy atom. The number of rotatable bonds is 3. The number of benzene rings is 2. The molecule has 0 unspecified atom stereocenters. The highest BCUT2D eigenvalue weighted by atomic mass is 19.4. The van der Waals surface area contributed by atoms with Gasteiger partial charge >= 0.3 is 12.3 Å². The summed E-state index contributed by atoms with van der Waals surface area (Å²) in [6, 6.07) is 6.95. The second-order valence-corrected chi connectivity index (χ2v) is 4.56. The first kappa shape index (κ1) is 15.8. The number of hydrogen-bond donors (Lipinski definition) is 1. The first-order chi connectivity index (χ1) is 10.2. The minimum Gasteiger partial charge on any atom is -0.478 e. The third-order valence-corrected chi connectivity index (χ3v) is 2.89. The van der Waals surface area contributed by atoms with Crippen LogP contribution in [0.4, 0.5) is 17.6 Å². The van der Waals surface area contributed by atoms with Gasteiger partial charge in [-0.1, -0.05) is 12.1 Å². The van der Waals surface area contributed by atoms with E-state index in [-0.39, 0.29) is 11.1 Å². The molecule has 116 valence electrons. The third-order valence-electron chi connectivity index (χ3n) is 2.89. The second kappa shape index (κ2) is 5.67. The van der Waals surface area contributed by atoms with Gasteiger partial charge in [0.15, 0.2) is 0 Å². The zero-order chi connectivity index (χ0) is 16.5. The molecule has 0 aliphatic carbocycles. The lowest BCUT2D eigenvalue weighted by Crippen LogP contribution is -2.17. The van der Waals surface area contributed by atoms with Crippen LogP contribution < -0.4 is 4.74 Å². The summed E-state index contributed by atoms with van der Waals surface area (Å²) < 4.78 is 54.2. The average molecular weight is 314 g/mol. The minimum atomic E-state index is -4.95. The van der Waals surface area contributed by atoms with Crippen LogP contribution in [0.5, 0.6) is 5.75 Å². The van der Waals surface area contributed by atoms with Gasteiger partial charge in [-0.3, -0.25) is 0 Å². The van der Waals surface area contributed by atoms with Gasteiger partial charge in [0.25, 0.3) is 0 Å². The third kappa shape index (κ3) is 3.75. The van der Waals surface area contributed by atoms with E-state index < -0.39 is 29.5 Å². The first-order valence-corrected chi connectivity index (χ1v) is 6.06. The van der Waals surface area contributed by atoms with Crippen LogP contribution in [-0.2, 0) is 0 Å². The molecule has 0 aromatic heterocycles. The van der Waals surface area contributed by atoms with Crippen LogP contribution in [0, 0.1) is 12.7 Å². The van der Waals surface area contributed by atoms with E-state index in [0.29, 0.717) is 5.56 Å². The van der Waals surface area contributed by atoms with Crippen LogP contribution in [0.1, 0.15) is 15.9 Å². The van der Waals surface area contributed by atoms with E-state index in [9.17, 15) is 22.4 Å². The molecule has 3 nitrogen and oxygen atoms in total. The van der Waals surface area contributed by atoms with Crippen LogP contribution in [0.2, 0.25) is 0 Å². The smallest absolute Gasteiger partial charge is 0.478 e. The van der Waals surface area contributed by atoms with Gasteiger partial charge < -0.3 is 9.84 Å². The number of carboxylic acid groups (broad SMARTS) is 1. The van der Waals surface area contributed by atoms with Gasteiger partial charge in [0, 0.05) is 0 Å². The molecular formula is C15H10F4O3. The lowest BCUT2D eigenvalue weighted by atomic mass is 10.0. The van der Waals surface area contributed by atoms with Crippen molar-refractivity contribution < 1.29 is 32.2 Å². The lowest BCUT2D eigenvalue weighted by molar-refractivity contribution is -0.274. The van der Waals surface area contributed by atoms with Gasteiger partial charge in [0.05, 0.1) is 5.56 Å². The van der Waals surface area contributed by atoms with Crippen molar-refractivity contribution in [2.24, 2.45) is 0 Å². The summed E-state index contributed by atoms with van der Waals surface area (Å²) in [5.41, 5.74) is 0.332. The molecule has 2 aromatic rings. The van der Waals surface area contributed by atoms with Gasteiger partial charge in [-0.15, -0.1) is 13.2 Å². The number of alkyl halides is 3. The largest absolute Gasteiger partial charge is 0.573 e. The monoisotopic (exact) mass is 314 g/mol. The molecule has 0 aliphatic rings. The summed E-state index contributed by atoms with van der Waals surface area (Å²) in [7, 11) is 0. The molecule has 0 spiro atoms. The molecule has 0 aliphatic heterocycles. The summed E-state index contributed by atoms with van der Waals surface area (Å²) in [6.07, 6.45) is -4.95. The van der Waals surface area contributed by atoms with E-state index in [1.165, 1.54) is 19.1 Å². The molecule has 1 N–H and O–H groups in total. The fraction of sp³-hybridized carbons (Fsp3) is 0.133. The molecule has 0 bridgehead atoms. The molecule has 0 radical (unpaired) electrons. The Balaban J connectivity index is 2.54. The first-order valence-electron chi connectivity index (χ1n) is 6.06. The van der Waals surface area contributed by atoms with Crippen molar-refractivity contribution in [2.45, 2.75) is 13.3 Å². The highest BCUT2D eigenvalue weighted by molar-refractivity contribution is 5.90. The number of carboxylic acids is 1. The number of halogens is 4. The summed E-state index contributed by atoms with van der Waals surface area (Å²) in [5.74, 6) is -2.64. The summed E-state index contributed by atoms with van der Waals surface area (Å²) in [5, 5.41) is 8.97. The van der Waals surface area contributed by atoms with Crippen LogP contribution in [0.3, 0.4) is 0 Å². The number of hydrogen-bond acceptors (Lipinski definition) is 2. The van der Waals surface area contributed by atoms with E-state index in [4.69, 9.17) is 5.11 Å². The lowest BCUT2D eigenvalue weighted by Gasteiger charge is -2.12. The van der Waals surface area contributed by atoms with E-state index in [2.05, 4.69) is 4.74 Å². The maximum atomic E-state index is 13.6. The number of ether oxygens (including phenoxy) is 1. The van der Waals surface area contributed by atoms with Crippen molar-refractivity contribution >= 4 is 5.97 Å². The summed E-state index contributed by atoms with van der Waals surface area (Å²) in [4.78, 5) is 11.0. The Kier molecular flexibility index (Phi) is 4.07. The van der Waals surface area contributed by atoms with Gasteiger partial charge in [0.1, 0.15) is 11.6 Å². The van der Waals surface area contributed by atoms with Crippen molar-refractivity contribution in [3.05, 3.63) is 53.3 Å². The van der Waals surface area contributed by atoms with E-state index in [1.54, 1.807) is 0 Å². The topological polar surface area (TPSA) is 46.5 Å². The van der Waals surface area contributed by atoms with Crippen LogP contribution in [0.15, 0.2) is 36.4 Å². The Morgan fingerprint density at radius 3 is 2.32 bits per heavy atom. The van der Waals surface area contributed by atoms with Crippen molar-refractivity contribution in [1.29, 1.82) is 0 Å². The van der Waals surface area contributed by atoms with E-state index in [0.717, 1.165) is 24.3 Å². The Morgan fingerprint density at radius 2 is 1.77 bits per heavy atom. The normalized spacial score (nSPS) is 11.3. The van der Waals surface area contributed by atoms with Gasteiger partial charge in [0.2, 0.25) is 0 Å². The van der Waals surface area contributed by atoms with Crippen molar-refractivity contribution in [1.82, 2.24) is 0 Å². The summed E-state index contributed by atoms with van der Waals surface area (Å²) >= 11 is 0. The van der Waals surface area contributed by atoms with Gasteiger partial charge in [-0.25, -0.2) is 9.18 Å². The average Bonchev–Trinajstić information content (AvgIpc) is 2.39. The summed E-state index contributed by atoms with van der Waals surface area (Å²) in [6.45, 7) is 1.53. The molecule has 2 rings (SSSR count). The minimum absolute atomic E-state index is 0.109. The standard InChI is InChI=1S/C15H10F4O3/c1-8-2-3-9(7-13(8)16)10-4-11(14(20)21)6-12(5-10)22-15(17,18)19/h2-7H,1H3,(H,20,21). The SMILES string of the molecule is Cc1ccc(-c2cc(OC(F)(F)F)cc(C(=O)O)c2)cc1F. The molecular weight excluding hydrogens is 304 g/mol.